The molecule has 17 heavy (non-hydrogen) atoms. The van der Waals surface area contributed by atoms with E-state index in [1.807, 2.05) is 37.3 Å². The van der Waals surface area contributed by atoms with Crippen LogP contribution in [0.3, 0.4) is 0 Å². The Kier molecular flexibility index (Phi) is 3.14. The molecule has 2 aromatic rings. The van der Waals surface area contributed by atoms with Crippen LogP contribution >= 0.6 is 0 Å². The molecule has 0 atom stereocenters. The Balaban J connectivity index is 2.09. The van der Waals surface area contributed by atoms with Crippen LogP contribution in [0.4, 0.5) is 11.5 Å². The average molecular weight is 229 g/mol. The van der Waals surface area contributed by atoms with Crippen LogP contribution < -0.4 is 16.2 Å². The molecule has 0 saturated carbocycles. The Labute approximate surface area is 100 Å². The number of aryl methyl sites for hydroxylation is 1. The van der Waals surface area contributed by atoms with Crippen LogP contribution in [0.5, 0.6) is 5.75 Å². The van der Waals surface area contributed by atoms with Crippen molar-refractivity contribution in [3.05, 3.63) is 47.7 Å². The number of hydrogen-bond donors (Lipinski definition) is 2. The molecule has 4 heteroatoms. The molecule has 88 valence electrons. The highest BCUT2D eigenvalue weighted by Gasteiger charge is 2.02. The molecule has 0 bridgehead atoms. The van der Waals surface area contributed by atoms with Crippen molar-refractivity contribution in [1.29, 1.82) is 0 Å². The molecule has 0 radical (unpaired) electrons. The third-order valence-electron chi connectivity index (χ3n) is 2.36. The lowest BCUT2D eigenvalue weighted by molar-refractivity contribution is 0.307. The summed E-state index contributed by atoms with van der Waals surface area (Å²) in [6, 6.07) is 9.43. The van der Waals surface area contributed by atoms with Crippen LogP contribution in [-0.2, 0) is 6.61 Å². The van der Waals surface area contributed by atoms with Gasteiger partial charge in [-0.25, -0.2) is 4.98 Å². The summed E-state index contributed by atoms with van der Waals surface area (Å²) in [4.78, 5) is 4.04. The lowest BCUT2D eigenvalue weighted by Crippen LogP contribution is -2.01. The van der Waals surface area contributed by atoms with E-state index in [1.165, 1.54) is 0 Å². The molecule has 1 aromatic heterocycles. The third-order valence-corrected chi connectivity index (χ3v) is 2.36. The number of aromatic nitrogens is 1. The van der Waals surface area contributed by atoms with Crippen molar-refractivity contribution in [3.8, 4) is 5.75 Å². The maximum atomic E-state index is 5.72. The second-order valence-electron chi connectivity index (χ2n) is 3.93. The van der Waals surface area contributed by atoms with Gasteiger partial charge in [-0.2, -0.15) is 0 Å². The van der Waals surface area contributed by atoms with Crippen LogP contribution in [-0.4, -0.2) is 4.98 Å². The smallest absolute Gasteiger partial charge is 0.166 e. The minimum atomic E-state index is 0.402. The summed E-state index contributed by atoms with van der Waals surface area (Å²) in [5.74, 6) is 1.01. The summed E-state index contributed by atoms with van der Waals surface area (Å²) in [5, 5.41) is 0. The van der Waals surface area contributed by atoms with Gasteiger partial charge in [0.15, 0.2) is 11.6 Å². The van der Waals surface area contributed by atoms with Gasteiger partial charge in [-0.1, -0.05) is 12.1 Å². The standard InChI is InChI=1S/C13H15N3O/c1-9-5-12(13(15)16-7-9)17-8-10-3-2-4-11(14)6-10/h2-7H,8,14H2,1H3,(H2,15,16). The van der Waals surface area contributed by atoms with Gasteiger partial charge in [-0.15, -0.1) is 0 Å². The highest BCUT2D eigenvalue weighted by molar-refractivity contribution is 5.47. The van der Waals surface area contributed by atoms with Gasteiger partial charge in [0, 0.05) is 11.9 Å². The molecule has 1 heterocycles. The van der Waals surface area contributed by atoms with Crippen LogP contribution in [0.2, 0.25) is 0 Å². The Morgan fingerprint density at radius 2 is 2.06 bits per heavy atom. The van der Waals surface area contributed by atoms with Crippen molar-refractivity contribution >= 4 is 11.5 Å². The second kappa shape index (κ2) is 4.74. The van der Waals surface area contributed by atoms with Crippen LogP contribution in [0.25, 0.3) is 0 Å². The zero-order chi connectivity index (χ0) is 12.3. The highest BCUT2D eigenvalue weighted by atomic mass is 16.5. The zero-order valence-electron chi connectivity index (χ0n) is 9.68. The minimum absolute atomic E-state index is 0.402. The number of nitrogen functional groups attached to an aromatic ring is 2. The van der Waals surface area contributed by atoms with Gasteiger partial charge in [-0.3, -0.25) is 0 Å². The molecule has 4 N–H and O–H groups in total. The van der Waals surface area contributed by atoms with Crippen molar-refractivity contribution in [2.45, 2.75) is 13.5 Å². The van der Waals surface area contributed by atoms with E-state index in [4.69, 9.17) is 16.2 Å². The molecule has 0 aliphatic heterocycles. The van der Waals surface area contributed by atoms with Crippen molar-refractivity contribution in [1.82, 2.24) is 4.98 Å². The van der Waals surface area contributed by atoms with Gasteiger partial charge >= 0.3 is 0 Å². The topological polar surface area (TPSA) is 74.2 Å². The second-order valence-corrected chi connectivity index (χ2v) is 3.93. The van der Waals surface area contributed by atoms with E-state index in [9.17, 15) is 0 Å². The number of nitrogens with two attached hydrogens (primary N) is 2. The molecular formula is C13H15N3O. The fourth-order valence-corrected chi connectivity index (χ4v) is 1.51. The van der Waals surface area contributed by atoms with Gasteiger partial charge in [0.2, 0.25) is 0 Å². The Bertz CT molecular complexity index is 526. The molecule has 0 aliphatic rings. The van der Waals surface area contributed by atoms with Crippen LogP contribution in [0.1, 0.15) is 11.1 Å². The lowest BCUT2D eigenvalue weighted by atomic mass is 10.2. The van der Waals surface area contributed by atoms with E-state index in [0.717, 1.165) is 16.8 Å². The third kappa shape index (κ3) is 2.87. The van der Waals surface area contributed by atoms with Crippen molar-refractivity contribution in [2.75, 3.05) is 11.5 Å². The predicted molar refractivity (Wildman–Crippen MR) is 68.6 cm³/mol. The zero-order valence-corrected chi connectivity index (χ0v) is 9.68. The first-order chi connectivity index (χ1) is 8.15. The van der Waals surface area contributed by atoms with Crippen molar-refractivity contribution in [2.24, 2.45) is 0 Å². The molecule has 2 rings (SSSR count). The maximum Gasteiger partial charge on any atom is 0.166 e. The van der Waals surface area contributed by atoms with Crippen LogP contribution in [0.15, 0.2) is 36.5 Å². The van der Waals surface area contributed by atoms with Gasteiger partial charge in [-0.05, 0) is 36.2 Å². The Hall–Kier alpha value is -2.23. The predicted octanol–water partition coefficient (Wildman–Crippen LogP) is 2.13. The summed E-state index contributed by atoms with van der Waals surface area (Å²) >= 11 is 0. The highest BCUT2D eigenvalue weighted by Crippen LogP contribution is 2.21. The van der Waals surface area contributed by atoms with Gasteiger partial charge in [0.05, 0.1) is 0 Å². The molecule has 0 amide bonds. The number of anilines is 2. The molecule has 4 nitrogen and oxygen atoms in total. The van der Waals surface area contributed by atoms with E-state index in [0.29, 0.717) is 18.2 Å². The van der Waals surface area contributed by atoms with E-state index < -0.39 is 0 Å². The number of rotatable bonds is 3. The van der Waals surface area contributed by atoms with Crippen molar-refractivity contribution in [3.63, 3.8) is 0 Å². The monoisotopic (exact) mass is 229 g/mol. The molecule has 0 unspecified atom stereocenters. The quantitative estimate of drug-likeness (QED) is 0.791. The van der Waals surface area contributed by atoms with Crippen molar-refractivity contribution < 1.29 is 4.74 Å². The normalized spacial score (nSPS) is 10.2. The van der Waals surface area contributed by atoms with E-state index in [2.05, 4.69) is 4.98 Å². The molecule has 0 fully saturated rings. The van der Waals surface area contributed by atoms with E-state index in [-0.39, 0.29) is 0 Å². The number of ether oxygens (including phenoxy) is 1. The summed E-state index contributed by atoms with van der Waals surface area (Å²) in [6.45, 7) is 2.38. The Morgan fingerprint density at radius 3 is 2.82 bits per heavy atom. The maximum absolute atomic E-state index is 5.72. The van der Waals surface area contributed by atoms with Gasteiger partial charge < -0.3 is 16.2 Å². The molecule has 0 saturated heterocycles. The number of hydrogen-bond acceptors (Lipinski definition) is 4. The lowest BCUT2D eigenvalue weighted by Gasteiger charge is -2.09. The van der Waals surface area contributed by atoms with Crippen LogP contribution in [0, 0.1) is 6.92 Å². The molecule has 0 spiro atoms. The largest absolute Gasteiger partial charge is 0.485 e. The number of benzene rings is 1. The summed E-state index contributed by atoms with van der Waals surface area (Å²) in [7, 11) is 0. The first-order valence-corrected chi connectivity index (χ1v) is 5.34. The number of pyridine rings is 1. The van der Waals surface area contributed by atoms with E-state index in [1.54, 1.807) is 6.20 Å². The minimum Gasteiger partial charge on any atom is -0.485 e. The SMILES string of the molecule is Cc1cnc(N)c(OCc2cccc(N)c2)c1. The number of nitrogens with zero attached hydrogens (tertiary/aromatic N) is 1. The molecule has 0 aliphatic carbocycles. The fraction of sp³-hybridized carbons (Fsp3) is 0.154. The summed E-state index contributed by atoms with van der Waals surface area (Å²) < 4.78 is 5.62. The van der Waals surface area contributed by atoms with Gasteiger partial charge in [0.1, 0.15) is 6.61 Å². The molecule has 1 aromatic carbocycles. The fourth-order valence-electron chi connectivity index (χ4n) is 1.51. The Morgan fingerprint density at radius 1 is 1.24 bits per heavy atom. The average Bonchev–Trinajstić information content (AvgIpc) is 2.30. The summed E-state index contributed by atoms with van der Waals surface area (Å²) in [5.41, 5.74) is 14.2. The first-order valence-electron chi connectivity index (χ1n) is 5.34. The van der Waals surface area contributed by atoms with E-state index >= 15 is 0 Å². The first kappa shape index (κ1) is 11.3. The van der Waals surface area contributed by atoms with Gasteiger partial charge in [0.25, 0.3) is 0 Å². The molecular weight excluding hydrogens is 214 g/mol. The summed E-state index contributed by atoms with van der Waals surface area (Å²) in [6.07, 6.45) is 1.71.